The SMILES string of the molecule is C.C.C.C.CC(C)c1ncccc1-c1ncc2c(n1)N(Cc1c(F)cc(-c3nc(C(F)(F)F)cn3C)cc1F)C(=O)C2.CC(C)c1ncccc1-c1ncc2c(n1)N(Cc1ccc(-c3nc(C(F)F)cn3C)cc1)C(=O)C2.Cc1cc(F)nn1-c1ccc(CN2C(=O)Cc3cnc(-c4cccnc4OC(F)F)nc32)cc1.Cn1cc(C(F)(F)F)nc1-c1ccc(CN2C(=O)Cc3cnc(-c4ccccc4S(C)=O)nc32)cc1. The van der Waals surface area contributed by atoms with Crippen LogP contribution in [0, 0.1) is 24.5 Å². The summed E-state index contributed by atoms with van der Waals surface area (Å²) >= 11 is 0. The molecular weight excluding hydrogens is 1950 g/mol. The summed E-state index contributed by atoms with van der Waals surface area (Å²) in [6.07, 6.45) is 4.38. The summed E-state index contributed by atoms with van der Waals surface area (Å²) in [4.78, 5) is 118. The van der Waals surface area contributed by atoms with Gasteiger partial charge in [0.2, 0.25) is 35.5 Å². The van der Waals surface area contributed by atoms with Crippen LogP contribution in [0.1, 0.15) is 154 Å². The summed E-state index contributed by atoms with van der Waals surface area (Å²) in [7, 11) is 3.25. The van der Waals surface area contributed by atoms with E-state index in [-0.39, 0.29) is 144 Å². The molecule has 0 N–H and O–H groups in total. The molecule has 762 valence electrons. The van der Waals surface area contributed by atoms with E-state index in [1.165, 1.54) is 70.1 Å². The van der Waals surface area contributed by atoms with E-state index in [1.54, 1.807) is 126 Å². The molecule has 0 saturated carbocycles. The molecule has 43 heteroatoms. The van der Waals surface area contributed by atoms with Gasteiger partial charge in [0.15, 0.2) is 34.7 Å². The molecular formula is C104H98F13N23O6S. The second-order valence-electron chi connectivity index (χ2n) is 34.2. The summed E-state index contributed by atoms with van der Waals surface area (Å²) in [5, 5.41) is 3.82. The molecule has 4 amide bonds. The van der Waals surface area contributed by atoms with Gasteiger partial charge in [0.05, 0.1) is 85.3 Å². The van der Waals surface area contributed by atoms with Crippen molar-refractivity contribution < 1.29 is 85.2 Å². The number of aryl methyl sites for hydroxylation is 4. The minimum absolute atomic E-state index is 0. The first kappa shape index (κ1) is 108. The number of fused-ring (bicyclic) bond motifs is 4. The molecule has 1 unspecified atom stereocenters. The first-order valence-corrected chi connectivity index (χ1v) is 45.7. The average Bonchev–Trinajstić information content (AvgIpc) is 1.65. The van der Waals surface area contributed by atoms with E-state index in [0.29, 0.717) is 97.0 Å². The molecule has 0 fully saturated rings. The maximum Gasteiger partial charge on any atom is 0.434 e. The van der Waals surface area contributed by atoms with Crippen molar-refractivity contribution in [1.82, 2.24) is 93.3 Å². The van der Waals surface area contributed by atoms with E-state index in [1.807, 2.05) is 74.5 Å². The topological polar surface area (TPSA) is 321 Å². The minimum Gasteiger partial charge on any atom is -0.416 e. The largest absolute Gasteiger partial charge is 0.434 e. The van der Waals surface area contributed by atoms with Crippen LogP contribution in [0.5, 0.6) is 5.88 Å². The maximum atomic E-state index is 15.1. The Morgan fingerprint density at radius 2 is 0.776 bits per heavy atom. The smallest absolute Gasteiger partial charge is 0.416 e. The number of carbonyl (C=O) groups is 4. The van der Waals surface area contributed by atoms with Gasteiger partial charge in [0, 0.05) is 167 Å². The fourth-order valence-electron chi connectivity index (χ4n) is 16.6. The third-order valence-electron chi connectivity index (χ3n) is 23.5. The summed E-state index contributed by atoms with van der Waals surface area (Å²) in [5.74, 6) is 0.119. The number of anilines is 4. The number of ether oxygens (including phenoxy) is 1. The van der Waals surface area contributed by atoms with Gasteiger partial charge >= 0.3 is 19.0 Å². The third-order valence-corrected chi connectivity index (χ3v) is 24.5. The van der Waals surface area contributed by atoms with Gasteiger partial charge in [-0.1, -0.05) is 130 Å². The lowest BCUT2D eigenvalue weighted by Gasteiger charge is -2.19. The van der Waals surface area contributed by atoms with Crippen molar-refractivity contribution in [1.29, 1.82) is 0 Å². The lowest BCUT2D eigenvalue weighted by molar-refractivity contribution is -0.141. The van der Waals surface area contributed by atoms with Crippen LogP contribution in [0.3, 0.4) is 0 Å². The Kier molecular flexibility index (Phi) is 32.6. The fraction of sp³-hybridized carbons (Fsp3) is 0.260. The number of hydrogen-bond acceptors (Lipinski definition) is 21. The van der Waals surface area contributed by atoms with Gasteiger partial charge in [-0.05, 0) is 108 Å². The first-order chi connectivity index (χ1) is 68.2. The van der Waals surface area contributed by atoms with Gasteiger partial charge < -0.3 is 18.4 Å². The number of halogens is 13. The van der Waals surface area contributed by atoms with Crippen molar-refractivity contribution in [3.8, 4) is 91.3 Å². The molecule has 147 heavy (non-hydrogen) atoms. The zero-order valence-electron chi connectivity index (χ0n) is 77.2. The monoisotopic (exact) mass is 2040 g/mol. The lowest BCUT2D eigenvalue weighted by atomic mass is 10.0. The van der Waals surface area contributed by atoms with Crippen molar-refractivity contribution in [2.24, 2.45) is 21.1 Å². The number of alkyl halides is 10. The number of rotatable bonds is 22. The highest BCUT2D eigenvalue weighted by atomic mass is 32.2. The third kappa shape index (κ3) is 23.2. The highest BCUT2D eigenvalue weighted by Gasteiger charge is 2.40. The number of pyridine rings is 3. The van der Waals surface area contributed by atoms with Crippen LogP contribution in [0.2, 0.25) is 0 Å². The second kappa shape index (κ2) is 44.5. The Labute approximate surface area is 838 Å². The molecule has 0 spiro atoms. The van der Waals surface area contributed by atoms with Crippen LogP contribution in [0.4, 0.5) is 80.3 Å². The van der Waals surface area contributed by atoms with Gasteiger partial charge in [0.1, 0.15) is 58.1 Å². The number of imidazole rings is 3. The molecule has 0 aliphatic carbocycles. The number of benzene rings is 5. The number of amides is 4. The molecule has 11 aromatic heterocycles. The lowest BCUT2D eigenvalue weighted by Crippen LogP contribution is -2.28. The van der Waals surface area contributed by atoms with E-state index in [4.69, 9.17) is 4.98 Å². The first-order valence-electron chi connectivity index (χ1n) is 44.2. The zero-order chi connectivity index (χ0) is 101. The fourth-order valence-corrected chi connectivity index (χ4v) is 17.4. The number of nitrogens with zero attached hydrogens (tertiary/aromatic N) is 23. The molecule has 4 aliphatic rings. The van der Waals surface area contributed by atoms with Crippen LogP contribution in [0.15, 0.2) is 219 Å². The van der Waals surface area contributed by atoms with E-state index in [0.717, 1.165) is 73.9 Å². The standard InChI is InChI=1S/C26H21F5N6O.C26H24F2N6O.C25H20F3N5O2S.C23H17F3N6O2.4CH4/c1-13(2)22-16(5-4-6-32-22)23-33-10-15-9-21(38)37(25(15)35-23)11-17-18(27)7-14(8-19(17)28)24-34-20(12-36(24)3)26(29,30)31;1-15(2)22-19(5-4-10-29-22)24-30-12-18-11-21(35)34(26(18)32-24)13-16-6-8-17(9-7-16)25-31-20(23(27)28)14-33(25)3;1-32-14-20(25(26,27)28)30-23(32)16-9-7-15(8-10-16)13-33-21(34)11-17-12-29-22(31-24(17)33)18-5-3-4-6-19(18)36(2)35;1-13-9-18(24)30-32(13)16-6-4-14(5-7-16)12-31-19(33)10-15-11-28-20(29-21(15)31)17-3-2-8-27-22(17)34-23(25)26;;;;/h4-8,10,12-13H,9,11H2,1-3H3;4-10,12,14-15,23H,11,13H2,1-3H3;3-10,12,14H,11,13H2,1-2H3;2-9,11,23H,10,12H2,1H3;4*1H4. The molecule has 16 aromatic rings. The van der Waals surface area contributed by atoms with Gasteiger partial charge in [-0.15, -0.1) is 5.10 Å². The normalized spacial score (nSPS) is 13.1. The molecule has 29 nitrogen and oxygen atoms in total. The molecule has 0 bridgehead atoms. The number of aromatic nitrogens is 19. The summed E-state index contributed by atoms with van der Waals surface area (Å²) in [6, 6.07) is 42.2. The van der Waals surface area contributed by atoms with E-state index in [9.17, 15) is 71.7 Å². The molecule has 20 rings (SSSR count). The van der Waals surface area contributed by atoms with Crippen molar-refractivity contribution >= 4 is 57.7 Å². The van der Waals surface area contributed by atoms with E-state index < -0.39 is 83.2 Å². The van der Waals surface area contributed by atoms with Gasteiger partial charge in [-0.2, -0.15) is 39.5 Å². The van der Waals surface area contributed by atoms with Crippen LogP contribution in [-0.2, 0) is 115 Å². The molecule has 5 aromatic carbocycles. The van der Waals surface area contributed by atoms with Crippen molar-refractivity contribution in [2.75, 3.05) is 25.9 Å². The van der Waals surface area contributed by atoms with Crippen LogP contribution in [-0.4, -0.2) is 134 Å². The minimum atomic E-state index is -4.71. The average molecular weight is 2050 g/mol. The molecule has 1 atom stereocenters. The highest BCUT2D eigenvalue weighted by Crippen LogP contribution is 2.42. The number of hydrogen-bond donors (Lipinski definition) is 0. The molecule has 15 heterocycles. The Hall–Kier alpha value is -16.4. The molecule has 0 saturated heterocycles. The predicted molar refractivity (Wildman–Crippen MR) is 526 cm³/mol. The van der Waals surface area contributed by atoms with Crippen molar-refractivity contribution in [3.63, 3.8) is 0 Å². The van der Waals surface area contributed by atoms with Crippen molar-refractivity contribution in [2.45, 2.75) is 158 Å². The predicted octanol–water partition coefficient (Wildman–Crippen LogP) is 21.3. The highest BCUT2D eigenvalue weighted by molar-refractivity contribution is 7.84. The van der Waals surface area contributed by atoms with E-state index >= 15 is 8.78 Å². The van der Waals surface area contributed by atoms with Gasteiger partial charge in [0.25, 0.3) is 6.43 Å². The van der Waals surface area contributed by atoms with Crippen LogP contribution < -0.4 is 24.3 Å². The Bertz CT molecular complexity index is 7580. The van der Waals surface area contributed by atoms with Crippen LogP contribution in [0.25, 0.3) is 85.4 Å². The molecule has 4 aliphatic heterocycles. The second-order valence-corrected chi connectivity index (χ2v) is 35.5. The zero-order valence-corrected chi connectivity index (χ0v) is 78.0. The Balaban J connectivity index is 0.000000162. The number of carbonyl (C=O) groups excluding carboxylic acids is 4. The quantitative estimate of drug-likeness (QED) is 0.0569. The Morgan fingerprint density at radius 1 is 0.415 bits per heavy atom. The Morgan fingerprint density at radius 3 is 1.15 bits per heavy atom. The summed E-state index contributed by atoms with van der Waals surface area (Å²) in [5.41, 5.74) is 8.76. The van der Waals surface area contributed by atoms with E-state index in [2.05, 4.69) is 88.5 Å². The van der Waals surface area contributed by atoms with Gasteiger partial charge in [-0.25, -0.2) is 82.1 Å². The summed E-state index contributed by atoms with van der Waals surface area (Å²) in [6.45, 7) is 7.13. The molecule has 0 radical (unpaired) electrons. The van der Waals surface area contributed by atoms with Crippen molar-refractivity contribution in [3.05, 3.63) is 310 Å². The van der Waals surface area contributed by atoms with Gasteiger partial charge in [-0.3, -0.25) is 53.0 Å². The van der Waals surface area contributed by atoms with Crippen LogP contribution >= 0.6 is 0 Å². The maximum absolute atomic E-state index is 15.1. The summed E-state index contributed by atoms with van der Waals surface area (Å²) < 4.78 is 195.